The van der Waals surface area contributed by atoms with Crippen molar-refractivity contribution in [1.29, 1.82) is 0 Å². The molecule has 0 bridgehead atoms. The highest BCUT2D eigenvalue weighted by Gasteiger charge is 2.20. The third-order valence-corrected chi connectivity index (χ3v) is 5.40. The van der Waals surface area contributed by atoms with Crippen LogP contribution in [-0.4, -0.2) is 34.1 Å². The van der Waals surface area contributed by atoms with Crippen molar-refractivity contribution < 1.29 is 14.4 Å². The smallest absolute Gasteiger partial charge is 0.280 e. The van der Waals surface area contributed by atoms with Crippen molar-refractivity contribution >= 4 is 17.1 Å². The molecule has 178 valence electrons. The molecule has 4 rings (SSSR count). The molecule has 4 aromatic rings. The van der Waals surface area contributed by atoms with Crippen LogP contribution in [0.5, 0.6) is 11.5 Å². The molecule has 0 aliphatic rings. The van der Waals surface area contributed by atoms with Gasteiger partial charge in [0, 0.05) is 17.7 Å². The molecule has 9 nitrogen and oxygen atoms in total. The van der Waals surface area contributed by atoms with Gasteiger partial charge in [-0.3, -0.25) is 20.0 Å². The van der Waals surface area contributed by atoms with Crippen LogP contribution >= 0.6 is 0 Å². The molecule has 0 saturated carbocycles. The van der Waals surface area contributed by atoms with Gasteiger partial charge in [-0.05, 0) is 62.4 Å². The number of non-ortho nitro benzene ring substituents is 1. The predicted molar refractivity (Wildman–Crippen MR) is 135 cm³/mol. The number of nitrogens with one attached hydrogen (secondary N) is 1. The van der Waals surface area contributed by atoms with E-state index in [1.165, 1.54) is 28.9 Å². The Bertz CT molecular complexity index is 1430. The molecule has 0 aliphatic heterocycles. The lowest BCUT2D eigenvalue weighted by molar-refractivity contribution is -0.384. The number of H-pyrrole nitrogens is 1. The van der Waals surface area contributed by atoms with E-state index in [1.807, 2.05) is 43.3 Å². The molecular formula is C26H24N4O5. The molecular weight excluding hydrogens is 448 g/mol. The van der Waals surface area contributed by atoms with Crippen LogP contribution in [0.3, 0.4) is 0 Å². The van der Waals surface area contributed by atoms with E-state index in [0.29, 0.717) is 46.4 Å². The molecule has 0 fully saturated rings. The monoisotopic (exact) mass is 472 g/mol. The van der Waals surface area contributed by atoms with E-state index in [2.05, 4.69) is 5.10 Å². The summed E-state index contributed by atoms with van der Waals surface area (Å²) in [6.07, 6.45) is 0. The van der Waals surface area contributed by atoms with Gasteiger partial charge in [0.1, 0.15) is 17.2 Å². The standard InChI is InChI=1S/C26H24N4O5/c1-4-35-23-8-6-5-7-22(23)27-17(2)24-25(18-9-15-21(34-3)16-10-18)28-29(26(24)31)19-11-13-20(14-12-19)30(32)33/h5-16,28H,4H2,1-3H3. The van der Waals surface area contributed by atoms with Crippen molar-refractivity contribution in [3.63, 3.8) is 0 Å². The van der Waals surface area contributed by atoms with Gasteiger partial charge in [-0.15, -0.1) is 0 Å². The third kappa shape index (κ3) is 4.84. The van der Waals surface area contributed by atoms with Crippen LogP contribution in [0.1, 0.15) is 19.4 Å². The van der Waals surface area contributed by atoms with Gasteiger partial charge in [-0.25, -0.2) is 9.67 Å². The number of aromatic nitrogens is 2. The fourth-order valence-corrected chi connectivity index (χ4v) is 3.71. The maximum atomic E-state index is 13.6. The summed E-state index contributed by atoms with van der Waals surface area (Å²) >= 11 is 0. The van der Waals surface area contributed by atoms with E-state index in [0.717, 1.165) is 5.56 Å². The molecule has 0 amide bonds. The molecule has 35 heavy (non-hydrogen) atoms. The molecule has 3 aromatic carbocycles. The quantitative estimate of drug-likeness (QED) is 0.213. The molecule has 0 radical (unpaired) electrons. The maximum absolute atomic E-state index is 13.6. The van der Waals surface area contributed by atoms with Gasteiger partial charge in [0.25, 0.3) is 11.2 Å². The van der Waals surface area contributed by atoms with Crippen LogP contribution in [0.2, 0.25) is 0 Å². The lowest BCUT2D eigenvalue weighted by atomic mass is 10.0. The van der Waals surface area contributed by atoms with Gasteiger partial charge in [0.05, 0.1) is 41.3 Å². The van der Waals surface area contributed by atoms with E-state index in [-0.39, 0.29) is 11.2 Å². The van der Waals surface area contributed by atoms with Gasteiger partial charge in [0.2, 0.25) is 0 Å². The molecule has 0 aliphatic carbocycles. The number of aromatic amines is 1. The van der Waals surface area contributed by atoms with Crippen LogP contribution in [-0.2, 0) is 0 Å². The minimum atomic E-state index is -0.484. The van der Waals surface area contributed by atoms with Crippen LogP contribution < -0.4 is 15.0 Å². The molecule has 1 heterocycles. The second-order valence-electron chi connectivity index (χ2n) is 7.60. The van der Waals surface area contributed by atoms with E-state index < -0.39 is 4.92 Å². The van der Waals surface area contributed by atoms with Gasteiger partial charge < -0.3 is 9.47 Å². The first kappa shape index (κ1) is 23.5. The highest BCUT2D eigenvalue weighted by molar-refractivity contribution is 6.05. The Labute approximate surface area is 201 Å². The summed E-state index contributed by atoms with van der Waals surface area (Å²) in [5, 5.41) is 14.2. The van der Waals surface area contributed by atoms with Crippen LogP contribution in [0.25, 0.3) is 16.9 Å². The number of benzene rings is 3. The molecule has 0 spiro atoms. The normalized spacial score (nSPS) is 11.3. The minimum Gasteiger partial charge on any atom is -0.497 e. The highest BCUT2D eigenvalue weighted by atomic mass is 16.6. The minimum absolute atomic E-state index is 0.0609. The fraction of sp³-hybridized carbons (Fsp3) is 0.154. The summed E-state index contributed by atoms with van der Waals surface area (Å²) in [6, 6.07) is 20.4. The molecule has 0 unspecified atom stereocenters. The Balaban J connectivity index is 1.89. The number of ether oxygens (including phenoxy) is 2. The number of hydrogen-bond donors (Lipinski definition) is 1. The van der Waals surface area contributed by atoms with Crippen molar-refractivity contribution in [2.24, 2.45) is 4.99 Å². The summed E-state index contributed by atoms with van der Waals surface area (Å²) in [5.74, 6) is 1.30. The second-order valence-corrected chi connectivity index (χ2v) is 7.60. The lowest BCUT2D eigenvalue weighted by Crippen LogP contribution is -2.19. The number of para-hydroxylation sites is 2. The van der Waals surface area contributed by atoms with Crippen LogP contribution in [0.4, 0.5) is 11.4 Å². The molecule has 0 atom stereocenters. The van der Waals surface area contributed by atoms with E-state index >= 15 is 0 Å². The van der Waals surface area contributed by atoms with Crippen molar-refractivity contribution in [2.75, 3.05) is 13.7 Å². The average Bonchev–Trinajstić information content (AvgIpc) is 3.22. The van der Waals surface area contributed by atoms with Crippen molar-refractivity contribution in [1.82, 2.24) is 9.78 Å². The summed E-state index contributed by atoms with van der Waals surface area (Å²) in [6.45, 7) is 4.14. The van der Waals surface area contributed by atoms with E-state index in [4.69, 9.17) is 14.5 Å². The zero-order valence-electron chi connectivity index (χ0n) is 19.5. The maximum Gasteiger partial charge on any atom is 0.280 e. The van der Waals surface area contributed by atoms with Crippen LogP contribution in [0, 0.1) is 10.1 Å². The third-order valence-electron chi connectivity index (χ3n) is 5.40. The molecule has 9 heteroatoms. The van der Waals surface area contributed by atoms with Gasteiger partial charge in [0.15, 0.2) is 0 Å². The lowest BCUT2D eigenvalue weighted by Gasteiger charge is -2.08. The van der Waals surface area contributed by atoms with Gasteiger partial charge >= 0.3 is 0 Å². The Hall–Kier alpha value is -4.66. The summed E-state index contributed by atoms with van der Waals surface area (Å²) < 4.78 is 12.3. The molecule has 1 aromatic heterocycles. The average molecular weight is 473 g/mol. The summed E-state index contributed by atoms with van der Waals surface area (Å²) in [4.78, 5) is 28.9. The van der Waals surface area contributed by atoms with E-state index in [1.54, 1.807) is 26.2 Å². The predicted octanol–water partition coefficient (Wildman–Crippen LogP) is 5.29. The topological polar surface area (TPSA) is 112 Å². The Kier molecular flexibility index (Phi) is 6.77. The van der Waals surface area contributed by atoms with Crippen molar-refractivity contribution in [3.8, 4) is 28.4 Å². The zero-order chi connectivity index (χ0) is 24.9. The van der Waals surface area contributed by atoms with Crippen molar-refractivity contribution in [3.05, 3.63) is 98.8 Å². The molecule has 0 saturated heterocycles. The SMILES string of the molecule is CCOc1ccccc1N=C(C)c1c(-c2ccc(OC)cc2)[nH]n(-c2ccc([N+](=O)[O-])cc2)c1=O. The first-order valence-electron chi connectivity index (χ1n) is 10.9. The number of rotatable bonds is 8. The summed E-state index contributed by atoms with van der Waals surface area (Å²) in [5.41, 5.74) is 2.86. The Morgan fingerprint density at radius 1 is 1.06 bits per heavy atom. The largest absolute Gasteiger partial charge is 0.497 e. The number of aliphatic imine (C=N–C) groups is 1. The van der Waals surface area contributed by atoms with Gasteiger partial charge in [-0.1, -0.05) is 12.1 Å². The number of hydrogen-bond acceptors (Lipinski definition) is 6. The first-order valence-corrected chi connectivity index (χ1v) is 10.9. The van der Waals surface area contributed by atoms with Gasteiger partial charge in [-0.2, -0.15) is 0 Å². The number of nitro groups is 1. The fourth-order valence-electron chi connectivity index (χ4n) is 3.71. The number of nitrogens with zero attached hydrogens (tertiary/aromatic N) is 3. The summed E-state index contributed by atoms with van der Waals surface area (Å²) in [7, 11) is 1.58. The highest BCUT2D eigenvalue weighted by Crippen LogP contribution is 2.29. The van der Waals surface area contributed by atoms with Crippen molar-refractivity contribution in [2.45, 2.75) is 13.8 Å². The Morgan fingerprint density at radius 2 is 1.74 bits per heavy atom. The zero-order valence-corrected chi connectivity index (χ0v) is 19.5. The second kappa shape index (κ2) is 10.1. The Morgan fingerprint density at radius 3 is 2.37 bits per heavy atom. The van der Waals surface area contributed by atoms with Crippen LogP contribution in [0.15, 0.2) is 82.6 Å². The number of methoxy groups -OCH3 is 1. The number of nitro benzene ring substituents is 1. The van der Waals surface area contributed by atoms with E-state index in [9.17, 15) is 14.9 Å². The molecule has 1 N–H and O–H groups in total. The first-order chi connectivity index (χ1) is 16.9.